The highest BCUT2D eigenvalue weighted by atomic mass is 127. The average Bonchev–Trinajstić information content (AvgIpc) is 3.19. The number of ether oxygens (including phenoxy) is 1. The number of hydrogen-bond donors (Lipinski definition) is 2. The summed E-state index contributed by atoms with van der Waals surface area (Å²) >= 11 is 0. The Morgan fingerprint density at radius 2 is 2.04 bits per heavy atom. The van der Waals surface area contributed by atoms with Crippen molar-refractivity contribution in [2.75, 3.05) is 26.7 Å². The molecule has 0 amide bonds. The molecule has 1 saturated carbocycles. The number of guanidine groups is 1. The molecule has 24 heavy (non-hydrogen) atoms. The molecule has 2 N–H and O–H groups in total. The highest BCUT2D eigenvalue weighted by Gasteiger charge is 2.28. The van der Waals surface area contributed by atoms with Gasteiger partial charge in [-0.1, -0.05) is 31.9 Å². The van der Waals surface area contributed by atoms with E-state index in [-0.39, 0.29) is 24.0 Å². The van der Waals surface area contributed by atoms with Crippen LogP contribution in [0.4, 0.5) is 0 Å². The van der Waals surface area contributed by atoms with Crippen molar-refractivity contribution in [3.63, 3.8) is 0 Å². The smallest absolute Gasteiger partial charge is 0.191 e. The van der Waals surface area contributed by atoms with Gasteiger partial charge in [0, 0.05) is 26.6 Å². The lowest BCUT2D eigenvalue weighted by atomic mass is 9.89. The van der Waals surface area contributed by atoms with Crippen LogP contribution in [0.1, 0.15) is 43.7 Å². The molecule has 1 fully saturated rings. The zero-order valence-electron chi connectivity index (χ0n) is 14.9. The van der Waals surface area contributed by atoms with Crippen molar-refractivity contribution in [2.24, 2.45) is 10.4 Å². The molecule has 0 radical (unpaired) electrons. The molecule has 0 atom stereocenters. The van der Waals surface area contributed by atoms with E-state index in [0.29, 0.717) is 5.41 Å². The van der Waals surface area contributed by atoms with Gasteiger partial charge in [-0.2, -0.15) is 0 Å². The molecule has 0 unspecified atom stereocenters. The summed E-state index contributed by atoms with van der Waals surface area (Å²) in [7, 11) is 1.85. The zero-order valence-corrected chi connectivity index (χ0v) is 17.2. The third-order valence-electron chi connectivity index (χ3n) is 5.18. The summed E-state index contributed by atoms with van der Waals surface area (Å²) in [4.78, 5) is 4.34. The van der Waals surface area contributed by atoms with Crippen molar-refractivity contribution in [3.05, 3.63) is 29.3 Å². The normalized spacial score (nSPS) is 18.5. The standard InChI is InChI=1S/C19H29N3O.HI/c1-19(9-3-4-10-19)14-22-18(20-2)21-11-7-15-5-6-17-16(13-15)8-12-23-17;/h5-6,13H,3-4,7-12,14H2,1-2H3,(H2,20,21,22);1H. The average molecular weight is 443 g/mol. The van der Waals surface area contributed by atoms with E-state index in [4.69, 9.17) is 4.74 Å². The second kappa shape index (κ2) is 8.92. The van der Waals surface area contributed by atoms with Gasteiger partial charge in [0.25, 0.3) is 0 Å². The van der Waals surface area contributed by atoms with Crippen molar-refractivity contribution in [1.29, 1.82) is 0 Å². The van der Waals surface area contributed by atoms with E-state index < -0.39 is 0 Å². The fraction of sp³-hybridized carbons (Fsp3) is 0.632. The van der Waals surface area contributed by atoms with Gasteiger partial charge in [0.05, 0.1) is 6.61 Å². The Morgan fingerprint density at radius 3 is 2.79 bits per heavy atom. The Balaban J connectivity index is 0.00000208. The molecule has 0 bridgehead atoms. The lowest BCUT2D eigenvalue weighted by Gasteiger charge is -2.25. The van der Waals surface area contributed by atoms with Crippen molar-refractivity contribution >= 4 is 29.9 Å². The van der Waals surface area contributed by atoms with Gasteiger partial charge in [0.2, 0.25) is 0 Å². The van der Waals surface area contributed by atoms with Gasteiger partial charge in [-0.05, 0) is 41.9 Å². The number of benzene rings is 1. The minimum absolute atomic E-state index is 0. The first-order chi connectivity index (χ1) is 11.2. The van der Waals surface area contributed by atoms with Crippen LogP contribution >= 0.6 is 24.0 Å². The van der Waals surface area contributed by atoms with Crippen LogP contribution in [0.25, 0.3) is 0 Å². The molecule has 1 aromatic carbocycles. The number of aliphatic imine (C=N–C) groups is 1. The van der Waals surface area contributed by atoms with E-state index in [1.807, 2.05) is 7.05 Å². The molecule has 1 aliphatic carbocycles. The van der Waals surface area contributed by atoms with Crippen LogP contribution in [0, 0.1) is 5.41 Å². The number of rotatable bonds is 5. The number of fused-ring (bicyclic) bond motifs is 1. The monoisotopic (exact) mass is 443 g/mol. The number of nitrogens with zero attached hydrogens (tertiary/aromatic N) is 1. The first kappa shape index (κ1) is 19.3. The zero-order chi connectivity index (χ0) is 16.1. The molecule has 134 valence electrons. The lowest BCUT2D eigenvalue weighted by molar-refractivity contribution is 0.334. The lowest BCUT2D eigenvalue weighted by Crippen LogP contribution is -2.42. The highest BCUT2D eigenvalue weighted by molar-refractivity contribution is 14.0. The van der Waals surface area contributed by atoms with Crippen LogP contribution < -0.4 is 15.4 Å². The predicted molar refractivity (Wildman–Crippen MR) is 111 cm³/mol. The first-order valence-corrected chi connectivity index (χ1v) is 8.88. The van der Waals surface area contributed by atoms with Crippen LogP contribution in [0.15, 0.2) is 23.2 Å². The maximum Gasteiger partial charge on any atom is 0.191 e. The molecule has 1 aromatic rings. The summed E-state index contributed by atoms with van der Waals surface area (Å²) < 4.78 is 5.56. The minimum atomic E-state index is 0. The fourth-order valence-corrected chi connectivity index (χ4v) is 3.64. The molecule has 5 heteroatoms. The molecular weight excluding hydrogens is 413 g/mol. The second-order valence-electron chi connectivity index (χ2n) is 7.16. The third-order valence-corrected chi connectivity index (χ3v) is 5.18. The third kappa shape index (κ3) is 5.01. The summed E-state index contributed by atoms with van der Waals surface area (Å²) in [6, 6.07) is 6.55. The minimum Gasteiger partial charge on any atom is -0.493 e. The highest BCUT2D eigenvalue weighted by Crippen LogP contribution is 2.36. The molecule has 3 rings (SSSR count). The molecule has 1 heterocycles. The number of halogens is 1. The topological polar surface area (TPSA) is 45.7 Å². The summed E-state index contributed by atoms with van der Waals surface area (Å²) in [6.45, 7) is 5.12. The second-order valence-corrected chi connectivity index (χ2v) is 7.16. The predicted octanol–water partition coefficient (Wildman–Crippen LogP) is 3.53. The summed E-state index contributed by atoms with van der Waals surface area (Å²) in [5, 5.41) is 6.93. The Kier molecular flexibility index (Phi) is 7.19. The fourth-order valence-electron chi connectivity index (χ4n) is 3.64. The largest absolute Gasteiger partial charge is 0.493 e. The van der Waals surface area contributed by atoms with E-state index >= 15 is 0 Å². The molecule has 1 aliphatic heterocycles. The Bertz CT molecular complexity index is 568. The van der Waals surface area contributed by atoms with Gasteiger partial charge in [0.1, 0.15) is 5.75 Å². The van der Waals surface area contributed by atoms with E-state index in [2.05, 4.69) is 40.7 Å². The maximum absolute atomic E-state index is 5.56. The number of hydrogen-bond acceptors (Lipinski definition) is 2. The quantitative estimate of drug-likeness (QED) is 0.416. The van der Waals surface area contributed by atoms with Crippen LogP contribution in [0.5, 0.6) is 5.75 Å². The van der Waals surface area contributed by atoms with Gasteiger partial charge in [-0.15, -0.1) is 24.0 Å². The SMILES string of the molecule is CN=C(NCCc1ccc2c(c1)CCO2)NCC1(C)CCCC1.I. The Morgan fingerprint density at radius 1 is 1.25 bits per heavy atom. The molecule has 4 nitrogen and oxygen atoms in total. The Hall–Kier alpha value is -0.980. The van der Waals surface area contributed by atoms with E-state index in [0.717, 1.165) is 44.2 Å². The van der Waals surface area contributed by atoms with Gasteiger partial charge in [-0.25, -0.2) is 0 Å². The summed E-state index contributed by atoms with van der Waals surface area (Å²) in [5.41, 5.74) is 3.15. The van der Waals surface area contributed by atoms with Crippen molar-refractivity contribution in [1.82, 2.24) is 10.6 Å². The molecule has 0 saturated heterocycles. The molecule has 0 aromatic heterocycles. The van der Waals surface area contributed by atoms with Crippen molar-refractivity contribution in [2.45, 2.75) is 45.4 Å². The van der Waals surface area contributed by atoms with Crippen LogP contribution in [0.2, 0.25) is 0 Å². The Labute approximate surface area is 162 Å². The van der Waals surface area contributed by atoms with Crippen LogP contribution in [-0.4, -0.2) is 32.7 Å². The van der Waals surface area contributed by atoms with Crippen LogP contribution in [0.3, 0.4) is 0 Å². The van der Waals surface area contributed by atoms with E-state index in [9.17, 15) is 0 Å². The van der Waals surface area contributed by atoms with Gasteiger partial charge < -0.3 is 15.4 Å². The molecular formula is C19H30IN3O. The maximum atomic E-state index is 5.56. The first-order valence-electron chi connectivity index (χ1n) is 8.88. The van der Waals surface area contributed by atoms with Crippen molar-refractivity contribution < 1.29 is 4.74 Å². The number of nitrogens with one attached hydrogen (secondary N) is 2. The van der Waals surface area contributed by atoms with Gasteiger partial charge >= 0.3 is 0 Å². The summed E-state index contributed by atoms with van der Waals surface area (Å²) in [5.74, 6) is 1.98. The van der Waals surface area contributed by atoms with Gasteiger partial charge in [-0.3, -0.25) is 4.99 Å². The molecule has 2 aliphatic rings. The summed E-state index contributed by atoms with van der Waals surface area (Å²) in [6.07, 6.45) is 7.44. The van der Waals surface area contributed by atoms with Gasteiger partial charge in [0.15, 0.2) is 5.96 Å². The van der Waals surface area contributed by atoms with Crippen molar-refractivity contribution in [3.8, 4) is 5.75 Å². The van der Waals surface area contributed by atoms with E-state index in [1.54, 1.807) is 0 Å². The molecule has 0 spiro atoms. The van der Waals surface area contributed by atoms with E-state index in [1.165, 1.54) is 36.8 Å². The van der Waals surface area contributed by atoms with Crippen LogP contribution in [-0.2, 0) is 12.8 Å².